The van der Waals surface area contributed by atoms with E-state index in [0.29, 0.717) is 17.9 Å². The van der Waals surface area contributed by atoms with Crippen molar-refractivity contribution in [3.8, 4) is 5.75 Å². The minimum atomic E-state index is -0.262. The number of anilines is 1. The summed E-state index contributed by atoms with van der Waals surface area (Å²) in [6.45, 7) is 0.568. The lowest BCUT2D eigenvalue weighted by atomic mass is 10.2. The highest BCUT2D eigenvalue weighted by atomic mass is 32.2. The predicted molar refractivity (Wildman–Crippen MR) is 103 cm³/mol. The molecule has 0 aliphatic heterocycles. The average Bonchev–Trinajstić information content (AvgIpc) is 3.16. The van der Waals surface area contributed by atoms with E-state index < -0.39 is 0 Å². The number of nitrogens with one attached hydrogen (secondary N) is 1. The van der Waals surface area contributed by atoms with Crippen LogP contribution in [0.1, 0.15) is 11.3 Å². The lowest BCUT2D eigenvalue weighted by molar-refractivity contribution is 0.200. The zero-order chi connectivity index (χ0) is 18.4. The Balaban J connectivity index is 1.77. The molecule has 0 aliphatic rings. The van der Waals surface area contributed by atoms with Crippen molar-refractivity contribution in [1.29, 1.82) is 0 Å². The number of rotatable bonds is 6. The van der Waals surface area contributed by atoms with Crippen molar-refractivity contribution < 1.29 is 14.3 Å². The first-order chi connectivity index (χ1) is 12.7. The molecule has 5 nitrogen and oxygen atoms in total. The molecule has 0 saturated heterocycles. The molecule has 0 aliphatic carbocycles. The summed E-state index contributed by atoms with van der Waals surface area (Å²) in [5, 5.41) is 12.9. The number of furan rings is 1. The van der Waals surface area contributed by atoms with Crippen LogP contribution >= 0.6 is 11.8 Å². The number of carbonyl (C=O) groups excluding carboxylic acids is 1. The fraction of sp³-hybridized carbons (Fsp3) is 0.150. The van der Waals surface area contributed by atoms with Crippen LogP contribution in [-0.4, -0.2) is 22.3 Å². The smallest absolute Gasteiger partial charge is 0.322 e. The van der Waals surface area contributed by atoms with Gasteiger partial charge in [0.25, 0.3) is 0 Å². The molecular weight excluding hydrogens is 348 g/mol. The molecule has 3 aromatic rings. The highest BCUT2D eigenvalue weighted by molar-refractivity contribution is 7.98. The highest BCUT2D eigenvalue weighted by Crippen LogP contribution is 2.21. The van der Waals surface area contributed by atoms with Crippen LogP contribution in [0.15, 0.2) is 76.2 Å². The summed E-state index contributed by atoms with van der Waals surface area (Å²) in [6, 6.07) is 18.0. The van der Waals surface area contributed by atoms with Gasteiger partial charge in [-0.15, -0.1) is 11.8 Å². The van der Waals surface area contributed by atoms with Crippen molar-refractivity contribution >= 4 is 23.5 Å². The third-order valence-electron chi connectivity index (χ3n) is 3.91. The summed E-state index contributed by atoms with van der Waals surface area (Å²) in [6.07, 6.45) is 3.58. The van der Waals surface area contributed by atoms with Gasteiger partial charge in [0, 0.05) is 16.1 Å². The Morgan fingerprint density at radius 3 is 2.50 bits per heavy atom. The van der Waals surface area contributed by atoms with E-state index in [4.69, 9.17) is 4.42 Å². The Morgan fingerprint density at radius 2 is 1.85 bits per heavy atom. The van der Waals surface area contributed by atoms with E-state index in [1.165, 1.54) is 0 Å². The number of benzene rings is 2. The molecule has 0 fully saturated rings. The fourth-order valence-corrected chi connectivity index (χ4v) is 2.93. The zero-order valence-corrected chi connectivity index (χ0v) is 15.2. The molecule has 0 spiro atoms. The van der Waals surface area contributed by atoms with Crippen LogP contribution in [0.3, 0.4) is 0 Å². The van der Waals surface area contributed by atoms with Gasteiger partial charge in [0.1, 0.15) is 11.5 Å². The second kappa shape index (κ2) is 8.49. The minimum absolute atomic E-state index is 0.161. The number of aromatic hydroxyl groups is 1. The molecule has 1 aromatic heterocycles. The molecule has 2 N–H and O–H groups in total. The molecule has 6 heteroatoms. The number of nitrogens with zero attached hydrogens (tertiary/aromatic N) is 1. The number of thioether (sulfide) groups is 1. The van der Waals surface area contributed by atoms with Crippen molar-refractivity contribution in [2.24, 2.45) is 0 Å². The number of phenolic OH excluding ortho intramolecular Hbond substituents is 1. The summed E-state index contributed by atoms with van der Waals surface area (Å²) in [5.74, 6) is 0.836. The van der Waals surface area contributed by atoms with Crippen molar-refractivity contribution in [2.75, 3.05) is 11.6 Å². The fourth-order valence-electron chi connectivity index (χ4n) is 2.52. The van der Waals surface area contributed by atoms with Crippen molar-refractivity contribution in [2.45, 2.75) is 18.0 Å². The number of para-hydroxylation sites is 1. The summed E-state index contributed by atoms with van der Waals surface area (Å²) < 4.78 is 5.38. The SMILES string of the molecule is CSc1ccc(NC(=O)N(Cc2ccco2)Cc2ccccc2O)cc1. The molecule has 3 rings (SSSR count). The lowest BCUT2D eigenvalue weighted by Crippen LogP contribution is -2.34. The maximum absolute atomic E-state index is 12.8. The van der Waals surface area contributed by atoms with Crippen LogP contribution in [0.25, 0.3) is 0 Å². The largest absolute Gasteiger partial charge is 0.508 e. The van der Waals surface area contributed by atoms with Gasteiger partial charge in [0.15, 0.2) is 0 Å². The van der Waals surface area contributed by atoms with Crippen molar-refractivity contribution in [3.05, 3.63) is 78.3 Å². The van der Waals surface area contributed by atoms with Gasteiger partial charge in [-0.2, -0.15) is 0 Å². The van der Waals surface area contributed by atoms with Crippen LogP contribution in [-0.2, 0) is 13.1 Å². The number of phenols is 1. The van der Waals surface area contributed by atoms with Gasteiger partial charge in [-0.3, -0.25) is 0 Å². The molecule has 134 valence electrons. The van der Waals surface area contributed by atoms with Gasteiger partial charge < -0.3 is 19.7 Å². The Hall–Kier alpha value is -2.86. The molecule has 2 amide bonds. The van der Waals surface area contributed by atoms with E-state index in [-0.39, 0.29) is 18.3 Å². The number of amides is 2. The molecule has 26 heavy (non-hydrogen) atoms. The van der Waals surface area contributed by atoms with Crippen LogP contribution in [0.4, 0.5) is 10.5 Å². The molecule has 0 saturated carbocycles. The van der Waals surface area contributed by atoms with Crippen LogP contribution in [0, 0.1) is 0 Å². The third kappa shape index (κ3) is 4.61. The molecular formula is C20H20N2O3S. The Labute approximate surface area is 156 Å². The van der Waals surface area contributed by atoms with E-state index in [2.05, 4.69) is 5.32 Å². The van der Waals surface area contributed by atoms with Crippen LogP contribution in [0.5, 0.6) is 5.75 Å². The van der Waals surface area contributed by atoms with Crippen LogP contribution in [0.2, 0.25) is 0 Å². The third-order valence-corrected chi connectivity index (χ3v) is 4.65. The molecule has 0 atom stereocenters. The number of hydrogen-bond donors (Lipinski definition) is 2. The number of urea groups is 1. The standard InChI is InChI=1S/C20H20N2O3S/c1-26-18-10-8-16(9-11-18)21-20(24)22(14-17-6-4-12-25-17)13-15-5-2-3-7-19(15)23/h2-12,23H,13-14H2,1H3,(H,21,24). The quantitative estimate of drug-likeness (QED) is 0.605. The first-order valence-electron chi connectivity index (χ1n) is 8.15. The molecule has 0 unspecified atom stereocenters. The second-order valence-electron chi connectivity index (χ2n) is 5.72. The van der Waals surface area contributed by atoms with Gasteiger partial charge in [-0.05, 0) is 48.7 Å². The summed E-state index contributed by atoms with van der Waals surface area (Å²) in [5.41, 5.74) is 1.39. The molecule has 1 heterocycles. The minimum Gasteiger partial charge on any atom is -0.508 e. The van der Waals surface area contributed by atoms with Crippen LogP contribution < -0.4 is 5.32 Å². The first kappa shape index (κ1) is 17.9. The van der Waals surface area contributed by atoms with Gasteiger partial charge in [-0.1, -0.05) is 18.2 Å². The maximum atomic E-state index is 12.8. The number of carbonyl (C=O) groups is 1. The highest BCUT2D eigenvalue weighted by Gasteiger charge is 2.17. The monoisotopic (exact) mass is 368 g/mol. The Kier molecular flexibility index (Phi) is 5.86. The molecule has 0 bridgehead atoms. The number of hydrogen-bond acceptors (Lipinski definition) is 4. The average molecular weight is 368 g/mol. The lowest BCUT2D eigenvalue weighted by Gasteiger charge is -2.23. The van der Waals surface area contributed by atoms with Gasteiger partial charge in [0.05, 0.1) is 19.4 Å². The Bertz CT molecular complexity index is 848. The van der Waals surface area contributed by atoms with E-state index in [9.17, 15) is 9.90 Å². The Morgan fingerprint density at radius 1 is 1.08 bits per heavy atom. The second-order valence-corrected chi connectivity index (χ2v) is 6.60. The maximum Gasteiger partial charge on any atom is 0.322 e. The molecule has 2 aromatic carbocycles. The predicted octanol–water partition coefficient (Wildman–Crippen LogP) is 4.94. The van der Waals surface area contributed by atoms with Gasteiger partial charge in [-0.25, -0.2) is 4.79 Å². The van der Waals surface area contributed by atoms with E-state index in [1.807, 2.05) is 42.7 Å². The van der Waals surface area contributed by atoms with Crippen molar-refractivity contribution in [1.82, 2.24) is 4.90 Å². The molecule has 0 radical (unpaired) electrons. The topological polar surface area (TPSA) is 65.7 Å². The summed E-state index contributed by atoms with van der Waals surface area (Å²) >= 11 is 1.65. The normalized spacial score (nSPS) is 10.5. The van der Waals surface area contributed by atoms with Gasteiger partial charge in [0.2, 0.25) is 0 Å². The first-order valence-corrected chi connectivity index (χ1v) is 9.37. The van der Waals surface area contributed by atoms with E-state index in [1.54, 1.807) is 47.2 Å². The van der Waals surface area contributed by atoms with Crippen molar-refractivity contribution in [3.63, 3.8) is 0 Å². The van der Waals surface area contributed by atoms with Gasteiger partial charge >= 0.3 is 6.03 Å². The zero-order valence-electron chi connectivity index (χ0n) is 14.4. The summed E-state index contributed by atoms with van der Waals surface area (Å²) in [4.78, 5) is 15.5. The van der Waals surface area contributed by atoms with E-state index in [0.717, 1.165) is 10.6 Å². The summed E-state index contributed by atoms with van der Waals surface area (Å²) in [7, 11) is 0. The van der Waals surface area contributed by atoms with E-state index >= 15 is 0 Å².